The average Bonchev–Trinajstić information content (AvgIpc) is 3.07. The standard InChI is InChI=1S/C24H23FN2O4S/c25-19-8-4-18(5-9-19)16-31-20-10-6-17(7-11-20)14-21-23(29)27(24(30)32-21)15-22(28)26-12-2-1-3-13-26/h4-11,14H,1-3,12-13,15-16H2/b21-14-. The van der Waals surface area contributed by atoms with Crippen molar-refractivity contribution in [1.82, 2.24) is 9.80 Å². The van der Waals surface area contributed by atoms with Gasteiger partial charge in [-0.1, -0.05) is 24.3 Å². The molecule has 3 amide bonds. The van der Waals surface area contributed by atoms with Gasteiger partial charge in [-0.3, -0.25) is 19.3 Å². The predicted octanol–water partition coefficient (Wildman–Crippen LogP) is 4.45. The number of halogens is 1. The summed E-state index contributed by atoms with van der Waals surface area (Å²) in [6.45, 7) is 1.46. The lowest BCUT2D eigenvalue weighted by atomic mass is 10.1. The number of amides is 3. The first-order valence-corrected chi connectivity index (χ1v) is 11.3. The topological polar surface area (TPSA) is 66.9 Å². The second-order valence-electron chi connectivity index (χ2n) is 7.69. The number of benzene rings is 2. The number of hydrogen-bond acceptors (Lipinski definition) is 5. The van der Waals surface area contributed by atoms with Crippen molar-refractivity contribution < 1.29 is 23.5 Å². The Labute approximate surface area is 190 Å². The highest BCUT2D eigenvalue weighted by molar-refractivity contribution is 8.18. The van der Waals surface area contributed by atoms with Gasteiger partial charge >= 0.3 is 0 Å². The first-order chi connectivity index (χ1) is 15.5. The first-order valence-electron chi connectivity index (χ1n) is 10.5. The highest BCUT2D eigenvalue weighted by atomic mass is 32.2. The third-order valence-corrected chi connectivity index (χ3v) is 6.28. The quantitative estimate of drug-likeness (QED) is 0.603. The number of nitrogens with zero attached hydrogens (tertiary/aromatic N) is 2. The molecule has 8 heteroatoms. The molecule has 0 aliphatic carbocycles. The van der Waals surface area contributed by atoms with Gasteiger partial charge in [0.25, 0.3) is 11.1 Å². The van der Waals surface area contributed by atoms with Crippen LogP contribution in [0.4, 0.5) is 9.18 Å². The fourth-order valence-corrected chi connectivity index (χ4v) is 4.41. The van der Waals surface area contributed by atoms with E-state index < -0.39 is 11.1 Å². The Morgan fingerprint density at radius 1 is 1.00 bits per heavy atom. The zero-order chi connectivity index (χ0) is 22.5. The van der Waals surface area contributed by atoms with Gasteiger partial charge in [-0.05, 0) is 72.5 Å². The zero-order valence-electron chi connectivity index (χ0n) is 17.5. The Morgan fingerprint density at radius 2 is 1.69 bits per heavy atom. The molecule has 0 atom stereocenters. The maximum absolute atomic E-state index is 13.0. The van der Waals surface area contributed by atoms with Crippen LogP contribution in [-0.4, -0.2) is 46.5 Å². The molecule has 2 aromatic carbocycles. The van der Waals surface area contributed by atoms with Crippen molar-refractivity contribution in [2.75, 3.05) is 19.6 Å². The van der Waals surface area contributed by atoms with Crippen LogP contribution in [0, 0.1) is 5.82 Å². The number of carbonyl (C=O) groups is 3. The molecule has 0 aromatic heterocycles. The molecular weight excluding hydrogens is 431 g/mol. The molecule has 2 fully saturated rings. The lowest BCUT2D eigenvalue weighted by Crippen LogP contribution is -2.44. The molecule has 2 aliphatic rings. The summed E-state index contributed by atoms with van der Waals surface area (Å²) in [4.78, 5) is 40.5. The van der Waals surface area contributed by atoms with Crippen LogP contribution < -0.4 is 4.74 Å². The van der Waals surface area contributed by atoms with E-state index in [9.17, 15) is 18.8 Å². The number of piperidine rings is 1. The SMILES string of the molecule is O=C(CN1C(=O)S/C(=C\c2ccc(OCc3ccc(F)cc3)cc2)C1=O)N1CCCCC1. The number of carbonyl (C=O) groups excluding carboxylic acids is 3. The van der Waals surface area contributed by atoms with E-state index in [1.165, 1.54) is 12.1 Å². The highest BCUT2D eigenvalue weighted by Gasteiger charge is 2.37. The molecule has 0 saturated carbocycles. The molecule has 166 valence electrons. The van der Waals surface area contributed by atoms with Crippen LogP contribution in [0.1, 0.15) is 30.4 Å². The van der Waals surface area contributed by atoms with Crippen molar-refractivity contribution in [3.05, 3.63) is 70.4 Å². The molecule has 0 radical (unpaired) electrons. The monoisotopic (exact) mass is 454 g/mol. The third kappa shape index (κ3) is 5.37. The predicted molar refractivity (Wildman–Crippen MR) is 120 cm³/mol. The van der Waals surface area contributed by atoms with Crippen LogP contribution in [0.15, 0.2) is 53.4 Å². The van der Waals surface area contributed by atoms with Crippen LogP contribution >= 0.6 is 11.8 Å². The number of hydrogen-bond donors (Lipinski definition) is 0. The van der Waals surface area contributed by atoms with Crippen molar-refractivity contribution in [3.8, 4) is 5.75 Å². The minimum atomic E-state index is -0.443. The Balaban J connectivity index is 1.35. The van der Waals surface area contributed by atoms with Crippen LogP contribution in [0.25, 0.3) is 6.08 Å². The number of ether oxygens (including phenoxy) is 1. The maximum Gasteiger partial charge on any atom is 0.294 e. The van der Waals surface area contributed by atoms with Gasteiger partial charge in [0.2, 0.25) is 5.91 Å². The molecule has 0 unspecified atom stereocenters. The van der Waals surface area contributed by atoms with E-state index in [2.05, 4.69) is 0 Å². The Kier molecular flexibility index (Phi) is 6.90. The minimum Gasteiger partial charge on any atom is -0.489 e. The van der Waals surface area contributed by atoms with Gasteiger partial charge < -0.3 is 9.64 Å². The summed E-state index contributed by atoms with van der Waals surface area (Å²) in [6.07, 6.45) is 4.65. The highest BCUT2D eigenvalue weighted by Crippen LogP contribution is 2.32. The van der Waals surface area contributed by atoms with Gasteiger partial charge in [0.15, 0.2) is 0 Å². The largest absolute Gasteiger partial charge is 0.489 e. The van der Waals surface area contributed by atoms with E-state index >= 15 is 0 Å². The van der Waals surface area contributed by atoms with E-state index in [1.54, 1.807) is 47.4 Å². The molecule has 4 rings (SSSR count). The van der Waals surface area contributed by atoms with Gasteiger partial charge in [0, 0.05) is 13.1 Å². The fraction of sp³-hybridized carbons (Fsp3) is 0.292. The molecule has 2 saturated heterocycles. The van der Waals surface area contributed by atoms with Gasteiger partial charge in [-0.25, -0.2) is 4.39 Å². The lowest BCUT2D eigenvalue weighted by molar-refractivity contribution is -0.136. The normalized spacial score (nSPS) is 17.8. The Bertz CT molecular complexity index is 1030. The lowest BCUT2D eigenvalue weighted by Gasteiger charge is -2.27. The van der Waals surface area contributed by atoms with E-state index in [0.29, 0.717) is 30.4 Å². The summed E-state index contributed by atoms with van der Waals surface area (Å²) in [5, 5.41) is -0.425. The van der Waals surface area contributed by atoms with E-state index in [-0.39, 0.29) is 18.3 Å². The summed E-state index contributed by atoms with van der Waals surface area (Å²) in [5.41, 5.74) is 1.59. The molecule has 2 heterocycles. The van der Waals surface area contributed by atoms with Gasteiger partial charge in [0.05, 0.1) is 4.91 Å². The molecule has 32 heavy (non-hydrogen) atoms. The first kappa shape index (κ1) is 22.1. The van der Waals surface area contributed by atoms with Gasteiger partial charge in [-0.2, -0.15) is 0 Å². The van der Waals surface area contributed by atoms with Crippen molar-refractivity contribution in [2.45, 2.75) is 25.9 Å². The fourth-order valence-electron chi connectivity index (χ4n) is 3.57. The maximum atomic E-state index is 13.0. The number of likely N-dealkylation sites (tertiary alicyclic amines) is 1. The molecule has 6 nitrogen and oxygen atoms in total. The van der Waals surface area contributed by atoms with Gasteiger partial charge in [-0.15, -0.1) is 0 Å². The number of thioether (sulfide) groups is 1. The summed E-state index contributed by atoms with van der Waals surface area (Å²) >= 11 is 0.844. The second kappa shape index (κ2) is 9.99. The van der Waals surface area contributed by atoms with Crippen molar-refractivity contribution in [3.63, 3.8) is 0 Å². The molecule has 0 bridgehead atoms. The summed E-state index contributed by atoms with van der Waals surface area (Å²) in [6, 6.07) is 13.2. The second-order valence-corrected chi connectivity index (χ2v) is 8.69. The molecule has 2 aromatic rings. The molecule has 2 aliphatic heterocycles. The van der Waals surface area contributed by atoms with Crippen LogP contribution in [-0.2, 0) is 16.2 Å². The summed E-state index contributed by atoms with van der Waals surface area (Å²) < 4.78 is 18.7. The Morgan fingerprint density at radius 3 is 2.38 bits per heavy atom. The van der Waals surface area contributed by atoms with Crippen LogP contribution in [0.3, 0.4) is 0 Å². The molecule has 0 spiro atoms. The average molecular weight is 455 g/mol. The molecule has 0 N–H and O–H groups in total. The Hall–Kier alpha value is -3.13. The third-order valence-electron chi connectivity index (χ3n) is 5.37. The van der Waals surface area contributed by atoms with E-state index in [0.717, 1.165) is 47.1 Å². The van der Waals surface area contributed by atoms with E-state index in [1.807, 2.05) is 0 Å². The summed E-state index contributed by atoms with van der Waals surface area (Å²) in [5.74, 6) is -0.289. The van der Waals surface area contributed by atoms with Crippen molar-refractivity contribution in [1.29, 1.82) is 0 Å². The number of rotatable bonds is 6. The van der Waals surface area contributed by atoms with Crippen molar-refractivity contribution >= 4 is 34.9 Å². The van der Waals surface area contributed by atoms with Gasteiger partial charge in [0.1, 0.15) is 24.7 Å². The van der Waals surface area contributed by atoms with E-state index in [4.69, 9.17) is 4.74 Å². The van der Waals surface area contributed by atoms with Crippen LogP contribution in [0.2, 0.25) is 0 Å². The zero-order valence-corrected chi connectivity index (χ0v) is 18.3. The molecular formula is C24H23FN2O4S. The minimum absolute atomic E-state index is 0.184. The van der Waals surface area contributed by atoms with Crippen molar-refractivity contribution in [2.24, 2.45) is 0 Å². The number of imide groups is 1. The smallest absolute Gasteiger partial charge is 0.294 e. The van der Waals surface area contributed by atoms with Crippen LogP contribution in [0.5, 0.6) is 5.75 Å². The summed E-state index contributed by atoms with van der Waals surface area (Å²) in [7, 11) is 0.